The maximum absolute atomic E-state index is 13.5. The molecule has 2 rings (SSSR count). The van der Waals surface area contributed by atoms with Gasteiger partial charge in [0, 0.05) is 23.1 Å². The number of rotatable bonds is 10. The van der Waals surface area contributed by atoms with Crippen molar-refractivity contribution in [3.8, 4) is 0 Å². The normalized spacial score (nSPS) is 12.4. The van der Waals surface area contributed by atoms with Gasteiger partial charge in [0.1, 0.15) is 12.6 Å². The Kier molecular flexibility index (Phi) is 9.79. The van der Waals surface area contributed by atoms with Gasteiger partial charge in [0.05, 0.1) is 11.9 Å². The second kappa shape index (κ2) is 11.9. The summed E-state index contributed by atoms with van der Waals surface area (Å²) in [5.74, 6) is -0.647. The number of halogens is 2. The zero-order valence-electron chi connectivity index (χ0n) is 20.0. The van der Waals surface area contributed by atoms with Crippen LogP contribution in [-0.4, -0.2) is 50.5 Å². The Labute approximate surface area is 212 Å². The van der Waals surface area contributed by atoms with Crippen molar-refractivity contribution in [3.05, 3.63) is 63.6 Å². The number of hydrogen-bond donors (Lipinski definition) is 1. The molecule has 1 atom stereocenters. The second-order valence-corrected chi connectivity index (χ2v) is 11.4. The molecule has 0 unspecified atom stereocenters. The summed E-state index contributed by atoms with van der Waals surface area (Å²) in [6.07, 6.45) is 1.03. The molecular formula is C24H31Cl2N3O4S. The van der Waals surface area contributed by atoms with E-state index in [0.29, 0.717) is 33.4 Å². The largest absolute Gasteiger partial charge is 0.354 e. The third-order valence-electron chi connectivity index (χ3n) is 5.27. The third kappa shape index (κ3) is 7.61. The van der Waals surface area contributed by atoms with E-state index in [2.05, 4.69) is 5.32 Å². The molecule has 0 spiro atoms. The van der Waals surface area contributed by atoms with Gasteiger partial charge in [-0.2, -0.15) is 0 Å². The number of sulfonamides is 1. The molecule has 0 fully saturated rings. The van der Waals surface area contributed by atoms with Gasteiger partial charge in [-0.3, -0.25) is 13.9 Å². The SMILES string of the molecule is Cc1ccc(Cl)cc1N(CC(=O)N(Cc1ccccc1Cl)[C@@H](C)C(=O)NCC(C)C)S(C)(=O)=O. The zero-order valence-corrected chi connectivity index (χ0v) is 22.3. The molecule has 0 saturated heterocycles. The number of aryl methyl sites for hydroxylation is 1. The molecule has 186 valence electrons. The number of amides is 2. The number of nitrogens with one attached hydrogen (secondary N) is 1. The van der Waals surface area contributed by atoms with E-state index in [-0.39, 0.29) is 18.4 Å². The van der Waals surface area contributed by atoms with Crippen LogP contribution in [0.3, 0.4) is 0 Å². The summed E-state index contributed by atoms with van der Waals surface area (Å²) < 4.78 is 26.3. The fourth-order valence-electron chi connectivity index (χ4n) is 3.29. The third-order valence-corrected chi connectivity index (χ3v) is 7.00. The predicted molar refractivity (Wildman–Crippen MR) is 138 cm³/mol. The van der Waals surface area contributed by atoms with Crippen LogP contribution in [-0.2, 0) is 26.2 Å². The van der Waals surface area contributed by atoms with Gasteiger partial charge in [-0.25, -0.2) is 8.42 Å². The fourth-order valence-corrected chi connectivity index (χ4v) is 4.55. The van der Waals surface area contributed by atoms with Crippen LogP contribution in [0.15, 0.2) is 42.5 Å². The minimum absolute atomic E-state index is 0.0426. The molecule has 0 aromatic heterocycles. The molecule has 1 N–H and O–H groups in total. The van der Waals surface area contributed by atoms with Crippen molar-refractivity contribution in [2.75, 3.05) is 23.7 Å². The zero-order chi connectivity index (χ0) is 25.6. The van der Waals surface area contributed by atoms with Crippen molar-refractivity contribution in [2.24, 2.45) is 5.92 Å². The summed E-state index contributed by atoms with van der Waals surface area (Å²) >= 11 is 12.4. The monoisotopic (exact) mass is 527 g/mol. The quantitative estimate of drug-likeness (QED) is 0.500. The Morgan fingerprint density at radius 3 is 2.29 bits per heavy atom. The van der Waals surface area contributed by atoms with Crippen LogP contribution < -0.4 is 9.62 Å². The number of benzene rings is 2. The van der Waals surface area contributed by atoms with Gasteiger partial charge in [-0.15, -0.1) is 0 Å². The minimum atomic E-state index is -3.83. The summed E-state index contributed by atoms with van der Waals surface area (Å²) in [6.45, 7) is 7.28. The van der Waals surface area contributed by atoms with Gasteiger partial charge in [-0.1, -0.05) is 61.3 Å². The second-order valence-electron chi connectivity index (χ2n) is 8.63. The van der Waals surface area contributed by atoms with Gasteiger partial charge >= 0.3 is 0 Å². The first-order valence-corrected chi connectivity index (χ1v) is 13.5. The van der Waals surface area contributed by atoms with E-state index in [4.69, 9.17) is 23.2 Å². The van der Waals surface area contributed by atoms with Gasteiger partial charge < -0.3 is 10.2 Å². The smallest absolute Gasteiger partial charge is 0.244 e. The van der Waals surface area contributed by atoms with Crippen molar-refractivity contribution in [1.82, 2.24) is 10.2 Å². The first kappa shape index (κ1) is 28.0. The molecule has 2 aromatic carbocycles. The summed E-state index contributed by atoms with van der Waals surface area (Å²) in [5.41, 5.74) is 1.59. The standard InChI is InChI=1S/C24H31Cl2N3O4S/c1-16(2)13-27-24(31)18(4)28(14-19-8-6-7-9-21(19)26)23(30)15-29(34(5,32)33)22-12-20(25)11-10-17(22)3/h6-12,16,18H,13-15H2,1-5H3,(H,27,31)/t18-/m0/s1. The summed E-state index contributed by atoms with van der Waals surface area (Å²) in [7, 11) is -3.83. The van der Waals surface area contributed by atoms with E-state index in [1.54, 1.807) is 50.2 Å². The fraction of sp³-hybridized carbons (Fsp3) is 0.417. The van der Waals surface area contributed by atoms with E-state index in [1.807, 2.05) is 13.8 Å². The van der Waals surface area contributed by atoms with Crippen molar-refractivity contribution in [1.29, 1.82) is 0 Å². The first-order chi connectivity index (χ1) is 15.8. The van der Waals surface area contributed by atoms with Crippen LogP contribution in [0.1, 0.15) is 31.9 Å². The van der Waals surface area contributed by atoms with Gasteiger partial charge in [0.2, 0.25) is 21.8 Å². The van der Waals surface area contributed by atoms with Crippen molar-refractivity contribution in [2.45, 2.75) is 40.3 Å². The van der Waals surface area contributed by atoms with Crippen LogP contribution in [0.25, 0.3) is 0 Å². The van der Waals surface area contributed by atoms with Crippen molar-refractivity contribution < 1.29 is 18.0 Å². The number of anilines is 1. The van der Waals surface area contributed by atoms with E-state index in [9.17, 15) is 18.0 Å². The molecule has 7 nitrogen and oxygen atoms in total. The molecule has 0 aliphatic carbocycles. The van der Waals surface area contributed by atoms with E-state index >= 15 is 0 Å². The highest BCUT2D eigenvalue weighted by Gasteiger charge is 2.31. The first-order valence-electron chi connectivity index (χ1n) is 10.9. The summed E-state index contributed by atoms with van der Waals surface area (Å²) in [6, 6.07) is 11.0. The average Bonchev–Trinajstić information content (AvgIpc) is 2.75. The number of hydrogen-bond acceptors (Lipinski definition) is 4. The number of carbonyl (C=O) groups excluding carboxylic acids is 2. The molecule has 2 amide bonds. The Balaban J connectivity index is 2.43. The molecule has 2 aromatic rings. The van der Waals surface area contributed by atoms with Crippen LogP contribution in [0.4, 0.5) is 5.69 Å². The highest BCUT2D eigenvalue weighted by Crippen LogP contribution is 2.27. The lowest BCUT2D eigenvalue weighted by Crippen LogP contribution is -2.51. The Bertz CT molecular complexity index is 1140. The van der Waals surface area contributed by atoms with Crippen molar-refractivity contribution in [3.63, 3.8) is 0 Å². The summed E-state index contributed by atoms with van der Waals surface area (Å²) in [4.78, 5) is 27.7. The highest BCUT2D eigenvalue weighted by molar-refractivity contribution is 7.92. The van der Waals surface area contributed by atoms with Gasteiger partial charge in [0.15, 0.2) is 0 Å². The molecule has 0 saturated carbocycles. The molecule has 0 aliphatic heterocycles. The number of nitrogens with zero attached hydrogens (tertiary/aromatic N) is 2. The van der Waals surface area contributed by atoms with Crippen LogP contribution in [0.5, 0.6) is 0 Å². The summed E-state index contributed by atoms with van der Waals surface area (Å²) in [5, 5.41) is 3.62. The lowest BCUT2D eigenvalue weighted by atomic mass is 10.1. The molecule has 34 heavy (non-hydrogen) atoms. The molecule has 0 radical (unpaired) electrons. The Morgan fingerprint density at radius 1 is 1.06 bits per heavy atom. The number of carbonyl (C=O) groups is 2. The van der Waals surface area contributed by atoms with Crippen LogP contribution in [0.2, 0.25) is 10.0 Å². The van der Waals surface area contributed by atoms with E-state index in [0.717, 1.165) is 10.6 Å². The van der Waals surface area contributed by atoms with E-state index in [1.165, 1.54) is 11.0 Å². The van der Waals surface area contributed by atoms with E-state index < -0.39 is 28.5 Å². The lowest BCUT2D eigenvalue weighted by molar-refractivity contribution is -0.139. The van der Waals surface area contributed by atoms with Crippen LogP contribution in [0, 0.1) is 12.8 Å². The molecule has 0 heterocycles. The van der Waals surface area contributed by atoms with Gasteiger partial charge in [0.25, 0.3) is 0 Å². The molecule has 10 heteroatoms. The predicted octanol–water partition coefficient (Wildman–Crippen LogP) is 4.26. The average molecular weight is 529 g/mol. The topological polar surface area (TPSA) is 86.8 Å². The molecule has 0 aliphatic rings. The Hall–Kier alpha value is -2.29. The minimum Gasteiger partial charge on any atom is -0.354 e. The maximum Gasteiger partial charge on any atom is 0.244 e. The lowest BCUT2D eigenvalue weighted by Gasteiger charge is -2.32. The highest BCUT2D eigenvalue weighted by atomic mass is 35.5. The maximum atomic E-state index is 13.5. The van der Waals surface area contributed by atoms with Crippen LogP contribution >= 0.6 is 23.2 Å². The Morgan fingerprint density at radius 2 is 1.71 bits per heavy atom. The van der Waals surface area contributed by atoms with Gasteiger partial charge in [-0.05, 0) is 49.1 Å². The van der Waals surface area contributed by atoms with Crippen molar-refractivity contribution >= 4 is 50.7 Å². The molecular weight excluding hydrogens is 497 g/mol. The molecule has 0 bridgehead atoms.